The Morgan fingerprint density at radius 3 is 1.35 bits per heavy atom. The fourth-order valence-electron chi connectivity index (χ4n) is 0.825. The van der Waals surface area contributed by atoms with Crippen molar-refractivity contribution in [2.45, 2.75) is 0 Å². The molecule has 11 nitrogen and oxygen atoms in total. The van der Waals surface area contributed by atoms with Crippen molar-refractivity contribution in [3.63, 3.8) is 0 Å². The van der Waals surface area contributed by atoms with E-state index >= 15 is 0 Å². The summed E-state index contributed by atoms with van der Waals surface area (Å²) in [5.41, 5.74) is 0. The molecule has 0 spiro atoms. The summed E-state index contributed by atoms with van der Waals surface area (Å²) in [4.78, 5) is 20.7. The van der Waals surface area contributed by atoms with Crippen LogP contribution in [0.4, 0.5) is 17.8 Å². The second-order valence-electron chi connectivity index (χ2n) is 2.85. The zero-order chi connectivity index (χ0) is 15.4. The van der Waals surface area contributed by atoms with Crippen LogP contribution in [0.3, 0.4) is 0 Å². The molecule has 0 fully saturated rings. The fraction of sp³-hybridized carbons (Fsp3) is 0.333. The first kappa shape index (κ1) is 17.5. The van der Waals surface area contributed by atoms with Crippen LogP contribution in [-0.2, 0) is 4.79 Å². The molecule has 0 aliphatic rings. The Morgan fingerprint density at radius 1 is 0.950 bits per heavy atom. The molecule has 0 saturated heterocycles. The Bertz CT molecular complexity index is 369. The lowest BCUT2D eigenvalue weighted by molar-refractivity contribution is -0.131. The lowest BCUT2D eigenvalue weighted by atomic mass is 10.7. The molecule has 1 heterocycles. The fourth-order valence-corrected chi connectivity index (χ4v) is 0.825. The van der Waals surface area contributed by atoms with Crippen molar-refractivity contribution < 1.29 is 25.2 Å². The van der Waals surface area contributed by atoms with E-state index in [4.69, 9.17) is 20.4 Å². The van der Waals surface area contributed by atoms with E-state index in [0.29, 0.717) is 0 Å². The molecular formula is C9H16N6O5. The lowest BCUT2D eigenvalue weighted by Crippen LogP contribution is -2.13. The highest BCUT2D eigenvalue weighted by Gasteiger charge is 2.04. The minimum absolute atomic E-state index is 0.124. The van der Waals surface area contributed by atoms with E-state index in [2.05, 4.69) is 37.5 Å². The summed E-state index contributed by atoms with van der Waals surface area (Å²) in [7, 11) is 0. The molecule has 0 atom stereocenters. The minimum atomic E-state index is -0.981. The van der Waals surface area contributed by atoms with Crippen molar-refractivity contribution in [2.24, 2.45) is 0 Å². The number of rotatable bonds is 7. The topological polar surface area (TPSA) is 173 Å². The first-order valence-corrected chi connectivity index (χ1v) is 5.23. The SMILES string of the molecule is C=CC(=O)O.OCNc1nc(NCO)nc(NCO)n1. The smallest absolute Gasteiger partial charge is 0.327 e. The Kier molecular flexibility index (Phi) is 9.12. The van der Waals surface area contributed by atoms with E-state index in [1.165, 1.54) is 0 Å². The molecule has 112 valence electrons. The van der Waals surface area contributed by atoms with Crippen LogP contribution in [0.2, 0.25) is 0 Å². The quantitative estimate of drug-likeness (QED) is 0.223. The number of aliphatic hydroxyl groups is 3. The molecular weight excluding hydrogens is 272 g/mol. The van der Waals surface area contributed by atoms with Gasteiger partial charge in [-0.1, -0.05) is 6.58 Å². The minimum Gasteiger partial charge on any atom is -0.478 e. The van der Waals surface area contributed by atoms with E-state index in [1.54, 1.807) is 0 Å². The average molecular weight is 288 g/mol. The van der Waals surface area contributed by atoms with Crippen LogP contribution in [0.15, 0.2) is 12.7 Å². The van der Waals surface area contributed by atoms with E-state index < -0.39 is 5.97 Å². The number of nitrogens with zero attached hydrogens (tertiary/aromatic N) is 3. The molecule has 0 radical (unpaired) electrons. The number of hydrogen-bond acceptors (Lipinski definition) is 10. The standard InChI is InChI=1S/C6H12N6O3.C3H4O2/c13-1-7-4-10-5(8-2-14)12-6(11-4)9-3-15;1-2-3(4)5/h13-15H,1-3H2,(H3,7,8,9,10,11,12);2H,1H2,(H,4,5). The number of carboxylic acids is 1. The largest absolute Gasteiger partial charge is 0.478 e. The summed E-state index contributed by atoms with van der Waals surface area (Å²) < 4.78 is 0. The highest BCUT2D eigenvalue weighted by molar-refractivity contribution is 5.78. The van der Waals surface area contributed by atoms with Crippen molar-refractivity contribution in [2.75, 3.05) is 36.1 Å². The highest BCUT2D eigenvalue weighted by atomic mass is 16.4. The van der Waals surface area contributed by atoms with Gasteiger partial charge in [0.2, 0.25) is 17.8 Å². The van der Waals surface area contributed by atoms with Crippen molar-refractivity contribution >= 4 is 23.8 Å². The van der Waals surface area contributed by atoms with Crippen LogP contribution in [0.25, 0.3) is 0 Å². The number of hydrogen-bond donors (Lipinski definition) is 7. The van der Waals surface area contributed by atoms with Gasteiger partial charge in [0, 0.05) is 6.08 Å². The third-order valence-corrected chi connectivity index (χ3v) is 1.52. The summed E-state index contributed by atoms with van der Waals surface area (Å²) in [6, 6.07) is 0. The van der Waals surface area contributed by atoms with Gasteiger partial charge in [0.1, 0.15) is 20.2 Å². The third-order valence-electron chi connectivity index (χ3n) is 1.52. The zero-order valence-electron chi connectivity index (χ0n) is 10.4. The van der Waals surface area contributed by atoms with Crippen LogP contribution in [0.5, 0.6) is 0 Å². The highest BCUT2D eigenvalue weighted by Crippen LogP contribution is 2.07. The molecule has 0 bridgehead atoms. The molecule has 1 rings (SSSR count). The van der Waals surface area contributed by atoms with Crippen LogP contribution >= 0.6 is 0 Å². The Balaban J connectivity index is 0.000000621. The van der Waals surface area contributed by atoms with Gasteiger partial charge in [-0.3, -0.25) is 0 Å². The first-order chi connectivity index (χ1) is 9.57. The summed E-state index contributed by atoms with van der Waals surface area (Å²) in [5.74, 6) is -0.608. The maximum atomic E-state index is 9.25. The third kappa shape index (κ3) is 7.75. The van der Waals surface area contributed by atoms with Crippen molar-refractivity contribution in [1.82, 2.24) is 15.0 Å². The summed E-state index contributed by atoms with van der Waals surface area (Å²) >= 11 is 0. The summed E-state index contributed by atoms with van der Waals surface area (Å²) in [6.07, 6.45) is 0.833. The lowest BCUT2D eigenvalue weighted by Gasteiger charge is -2.07. The van der Waals surface area contributed by atoms with Crippen LogP contribution in [-0.4, -0.2) is 61.5 Å². The normalized spacial score (nSPS) is 8.95. The summed E-state index contributed by atoms with van der Waals surface area (Å²) in [6.45, 7) is 1.96. The second kappa shape index (κ2) is 10.4. The molecule has 11 heteroatoms. The van der Waals surface area contributed by atoms with Crippen LogP contribution in [0, 0.1) is 0 Å². The zero-order valence-corrected chi connectivity index (χ0v) is 10.4. The molecule has 0 saturated carbocycles. The first-order valence-electron chi connectivity index (χ1n) is 5.23. The van der Waals surface area contributed by atoms with Crippen molar-refractivity contribution in [1.29, 1.82) is 0 Å². The number of anilines is 3. The number of aliphatic hydroxyl groups excluding tert-OH is 3. The number of carbonyl (C=O) groups is 1. The van der Waals surface area contributed by atoms with Gasteiger partial charge in [-0.05, 0) is 0 Å². The molecule has 0 unspecified atom stereocenters. The predicted octanol–water partition coefficient (Wildman–Crippen LogP) is -1.79. The number of carboxylic acid groups (broad SMARTS) is 1. The van der Waals surface area contributed by atoms with E-state index in [0.717, 1.165) is 6.08 Å². The molecule has 0 amide bonds. The van der Waals surface area contributed by atoms with Gasteiger partial charge < -0.3 is 36.4 Å². The Labute approximate surface area is 114 Å². The summed E-state index contributed by atoms with van der Waals surface area (Å²) in [5, 5.41) is 40.8. The number of aliphatic carboxylic acids is 1. The average Bonchev–Trinajstić information content (AvgIpc) is 2.40. The van der Waals surface area contributed by atoms with E-state index in [9.17, 15) is 4.79 Å². The molecule has 0 aromatic carbocycles. The van der Waals surface area contributed by atoms with E-state index in [1.807, 2.05) is 0 Å². The van der Waals surface area contributed by atoms with E-state index in [-0.39, 0.29) is 38.0 Å². The van der Waals surface area contributed by atoms with Crippen LogP contribution in [0.1, 0.15) is 0 Å². The maximum Gasteiger partial charge on any atom is 0.327 e. The van der Waals surface area contributed by atoms with Gasteiger partial charge in [0.15, 0.2) is 0 Å². The monoisotopic (exact) mass is 288 g/mol. The maximum absolute atomic E-state index is 9.25. The Hall–Kier alpha value is -2.50. The van der Waals surface area contributed by atoms with Gasteiger partial charge in [-0.15, -0.1) is 0 Å². The van der Waals surface area contributed by atoms with Gasteiger partial charge in [0.25, 0.3) is 0 Å². The molecule has 0 aliphatic heterocycles. The van der Waals surface area contributed by atoms with Gasteiger partial charge in [-0.25, -0.2) is 4.79 Å². The molecule has 1 aromatic heterocycles. The van der Waals surface area contributed by atoms with Gasteiger partial charge >= 0.3 is 5.97 Å². The van der Waals surface area contributed by atoms with Crippen LogP contribution < -0.4 is 16.0 Å². The molecule has 20 heavy (non-hydrogen) atoms. The molecule has 1 aromatic rings. The Morgan fingerprint density at radius 2 is 1.20 bits per heavy atom. The molecule has 0 aliphatic carbocycles. The van der Waals surface area contributed by atoms with Gasteiger partial charge in [0.05, 0.1) is 0 Å². The predicted molar refractivity (Wildman–Crippen MR) is 69.8 cm³/mol. The second-order valence-corrected chi connectivity index (χ2v) is 2.85. The van der Waals surface area contributed by atoms with Crippen molar-refractivity contribution in [3.8, 4) is 0 Å². The number of nitrogens with one attached hydrogen (secondary N) is 3. The van der Waals surface area contributed by atoms with Gasteiger partial charge in [-0.2, -0.15) is 15.0 Å². The number of aromatic nitrogens is 3. The molecule has 7 N–H and O–H groups in total. The van der Waals surface area contributed by atoms with Crippen molar-refractivity contribution in [3.05, 3.63) is 12.7 Å².